The summed E-state index contributed by atoms with van der Waals surface area (Å²) in [7, 11) is 0. The molecule has 0 unspecified atom stereocenters. The Morgan fingerprint density at radius 3 is 2.63 bits per heavy atom. The number of hydrogen-bond donors (Lipinski definition) is 2. The van der Waals surface area contributed by atoms with Gasteiger partial charge in [0.2, 0.25) is 0 Å². The van der Waals surface area contributed by atoms with Crippen molar-refractivity contribution in [3.63, 3.8) is 0 Å². The topological polar surface area (TPSA) is 40.5 Å². The van der Waals surface area contributed by atoms with Crippen LogP contribution < -0.4 is 0 Å². The van der Waals surface area contributed by atoms with Gasteiger partial charge in [-0.1, -0.05) is 26.8 Å². The lowest BCUT2D eigenvalue weighted by Crippen LogP contribution is -2.53. The van der Waals surface area contributed by atoms with E-state index in [1.807, 2.05) is 6.07 Å². The Bertz CT molecular complexity index is 506. The van der Waals surface area contributed by atoms with E-state index >= 15 is 0 Å². The summed E-state index contributed by atoms with van der Waals surface area (Å²) >= 11 is 0. The highest BCUT2D eigenvalue weighted by Gasteiger charge is 2.53. The van der Waals surface area contributed by atoms with E-state index in [4.69, 9.17) is 0 Å². The van der Waals surface area contributed by atoms with Crippen LogP contribution in [0.1, 0.15) is 51.2 Å². The Kier molecular flexibility index (Phi) is 2.72. The lowest BCUT2D eigenvalue weighted by atomic mass is 9.49. The molecule has 2 aliphatic rings. The van der Waals surface area contributed by atoms with Gasteiger partial charge >= 0.3 is 0 Å². The zero-order valence-corrected chi connectivity index (χ0v) is 12.1. The summed E-state index contributed by atoms with van der Waals surface area (Å²) in [6, 6.07) is 5.82. The van der Waals surface area contributed by atoms with Crippen molar-refractivity contribution in [2.45, 2.75) is 58.0 Å². The van der Waals surface area contributed by atoms with Gasteiger partial charge in [-0.15, -0.1) is 0 Å². The minimum Gasteiger partial charge on any atom is -0.508 e. The first kappa shape index (κ1) is 13.0. The van der Waals surface area contributed by atoms with Crippen LogP contribution in [0.15, 0.2) is 18.2 Å². The molecular formula is C17H24O2. The Morgan fingerprint density at radius 1 is 1.16 bits per heavy atom. The van der Waals surface area contributed by atoms with E-state index in [0.29, 0.717) is 11.7 Å². The number of fused-ring (bicyclic) bond motifs is 3. The SMILES string of the molecule is CC1(C)[C@@H](O)CC[C@]2(C)c3cc(O)ccc3CC[C@@H]12. The van der Waals surface area contributed by atoms with Crippen LogP contribution in [0, 0.1) is 11.3 Å². The van der Waals surface area contributed by atoms with Gasteiger partial charge in [0.25, 0.3) is 0 Å². The molecule has 2 N–H and O–H groups in total. The average molecular weight is 260 g/mol. The quantitative estimate of drug-likeness (QED) is 0.750. The maximum atomic E-state index is 10.3. The van der Waals surface area contributed by atoms with E-state index in [9.17, 15) is 10.2 Å². The maximum absolute atomic E-state index is 10.3. The minimum atomic E-state index is -0.204. The molecule has 0 spiro atoms. The molecule has 1 fully saturated rings. The number of phenols is 1. The van der Waals surface area contributed by atoms with Crippen LogP contribution >= 0.6 is 0 Å². The van der Waals surface area contributed by atoms with Crippen molar-refractivity contribution in [2.75, 3.05) is 0 Å². The van der Waals surface area contributed by atoms with Crippen molar-refractivity contribution < 1.29 is 10.2 Å². The fourth-order valence-electron chi connectivity index (χ4n) is 4.66. The largest absolute Gasteiger partial charge is 0.508 e. The van der Waals surface area contributed by atoms with E-state index in [2.05, 4.69) is 26.8 Å². The summed E-state index contributed by atoms with van der Waals surface area (Å²) in [4.78, 5) is 0. The van der Waals surface area contributed by atoms with Crippen molar-refractivity contribution in [3.05, 3.63) is 29.3 Å². The summed E-state index contributed by atoms with van der Waals surface area (Å²) in [5, 5.41) is 20.2. The molecule has 2 aliphatic carbocycles. The molecular weight excluding hydrogens is 236 g/mol. The van der Waals surface area contributed by atoms with Crippen LogP contribution in [0.2, 0.25) is 0 Å². The first-order valence-corrected chi connectivity index (χ1v) is 7.36. The lowest BCUT2D eigenvalue weighted by molar-refractivity contribution is -0.0731. The lowest BCUT2D eigenvalue weighted by Gasteiger charge is -2.56. The first-order chi connectivity index (χ1) is 8.85. The number of phenolic OH excluding ortho intramolecular Hbond substituents is 1. The molecule has 2 heteroatoms. The average Bonchev–Trinajstić information content (AvgIpc) is 2.35. The van der Waals surface area contributed by atoms with Crippen molar-refractivity contribution in [3.8, 4) is 5.75 Å². The zero-order chi connectivity index (χ0) is 13.8. The third kappa shape index (κ3) is 1.73. The predicted molar refractivity (Wildman–Crippen MR) is 76.3 cm³/mol. The molecule has 0 saturated heterocycles. The highest BCUT2D eigenvalue weighted by molar-refractivity contribution is 5.43. The van der Waals surface area contributed by atoms with E-state index in [1.165, 1.54) is 11.1 Å². The summed E-state index contributed by atoms with van der Waals surface area (Å²) < 4.78 is 0. The third-order valence-corrected chi connectivity index (χ3v) is 5.87. The fraction of sp³-hybridized carbons (Fsp3) is 0.647. The number of rotatable bonds is 0. The summed E-state index contributed by atoms with van der Waals surface area (Å²) in [5.41, 5.74) is 2.73. The second-order valence-corrected chi connectivity index (χ2v) is 7.23. The molecule has 1 saturated carbocycles. The van der Waals surface area contributed by atoms with Gasteiger partial charge in [0.05, 0.1) is 6.10 Å². The number of aryl methyl sites for hydroxylation is 1. The molecule has 0 radical (unpaired) electrons. The smallest absolute Gasteiger partial charge is 0.115 e. The number of hydrogen-bond acceptors (Lipinski definition) is 2. The van der Waals surface area contributed by atoms with Crippen LogP contribution in [0.25, 0.3) is 0 Å². The Balaban J connectivity index is 2.12. The maximum Gasteiger partial charge on any atom is 0.115 e. The minimum absolute atomic E-state index is 0.0455. The molecule has 19 heavy (non-hydrogen) atoms. The van der Waals surface area contributed by atoms with Crippen LogP contribution in [0.5, 0.6) is 5.75 Å². The first-order valence-electron chi connectivity index (χ1n) is 7.36. The third-order valence-electron chi connectivity index (χ3n) is 5.87. The van der Waals surface area contributed by atoms with E-state index < -0.39 is 0 Å². The number of benzene rings is 1. The zero-order valence-electron chi connectivity index (χ0n) is 12.1. The Labute approximate surface area is 115 Å². The highest BCUT2D eigenvalue weighted by atomic mass is 16.3. The van der Waals surface area contributed by atoms with Crippen LogP contribution in [-0.4, -0.2) is 16.3 Å². The molecule has 0 amide bonds. The van der Waals surface area contributed by atoms with Gasteiger partial charge in [-0.25, -0.2) is 0 Å². The molecule has 0 bridgehead atoms. The van der Waals surface area contributed by atoms with E-state index in [0.717, 1.165) is 25.7 Å². The van der Waals surface area contributed by atoms with Crippen molar-refractivity contribution >= 4 is 0 Å². The van der Waals surface area contributed by atoms with Crippen LogP contribution in [0.4, 0.5) is 0 Å². The number of aromatic hydroxyl groups is 1. The van der Waals surface area contributed by atoms with Crippen molar-refractivity contribution in [1.82, 2.24) is 0 Å². The van der Waals surface area contributed by atoms with Crippen LogP contribution in [-0.2, 0) is 11.8 Å². The Morgan fingerprint density at radius 2 is 1.89 bits per heavy atom. The van der Waals surface area contributed by atoms with E-state index in [-0.39, 0.29) is 16.9 Å². The number of aliphatic hydroxyl groups excluding tert-OH is 1. The Hall–Kier alpha value is -1.02. The predicted octanol–water partition coefficient (Wildman–Crippen LogP) is 3.39. The highest BCUT2D eigenvalue weighted by Crippen LogP contribution is 2.57. The summed E-state index contributed by atoms with van der Waals surface area (Å²) in [6.07, 6.45) is 3.86. The molecule has 1 aromatic carbocycles. The van der Waals surface area contributed by atoms with Gasteiger partial charge in [-0.05, 0) is 65.7 Å². The number of aliphatic hydroxyl groups is 1. The van der Waals surface area contributed by atoms with Crippen LogP contribution in [0.3, 0.4) is 0 Å². The molecule has 0 heterocycles. The van der Waals surface area contributed by atoms with Gasteiger partial charge in [0, 0.05) is 0 Å². The fourth-order valence-corrected chi connectivity index (χ4v) is 4.66. The molecule has 3 rings (SSSR count). The van der Waals surface area contributed by atoms with Crippen molar-refractivity contribution in [1.29, 1.82) is 0 Å². The summed E-state index contributed by atoms with van der Waals surface area (Å²) in [6.45, 7) is 6.73. The molecule has 1 aromatic rings. The van der Waals surface area contributed by atoms with Gasteiger partial charge in [-0.2, -0.15) is 0 Å². The van der Waals surface area contributed by atoms with Gasteiger partial charge in [-0.3, -0.25) is 0 Å². The molecule has 0 aromatic heterocycles. The monoisotopic (exact) mass is 260 g/mol. The molecule has 104 valence electrons. The molecule has 2 nitrogen and oxygen atoms in total. The summed E-state index contributed by atoms with van der Waals surface area (Å²) in [5.74, 6) is 0.850. The molecule has 0 aliphatic heterocycles. The van der Waals surface area contributed by atoms with Crippen molar-refractivity contribution in [2.24, 2.45) is 11.3 Å². The molecule has 3 atom stereocenters. The van der Waals surface area contributed by atoms with Gasteiger partial charge in [0.1, 0.15) is 5.75 Å². The normalized spacial score (nSPS) is 36.4. The second-order valence-electron chi connectivity index (χ2n) is 7.23. The second kappa shape index (κ2) is 3.99. The van der Waals surface area contributed by atoms with Gasteiger partial charge < -0.3 is 10.2 Å². The van der Waals surface area contributed by atoms with E-state index in [1.54, 1.807) is 6.07 Å². The van der Waals surface area contributed by atoms with Gasteiger partial charge in [0.15, 0.2) is 0 Å². The standard InChI is InChI=1S/C17H24O2/c1-16(2)14-7-5-11-4-6-12(18)10-13(11)17(14,3)9-8-15(16)19/h4,6,10,14-15,18-19H,5,7-9H2,1-3H3/t14-,15-,17+/m0/s1.